The average molecular weight is 1060 g/mol. The number of aliphatic hydroxyl groups is 1. The van der Waals surface area contributed by atoms with Crippen molar-refractivity contribution in [2.24, 2.45) is 5.92 Å². The Bertz CT molecular complexity index is 3740. The Kier molecular flexibility index (Phi) is 9.57. The second-order valence-electron chi connectivity index (χ2n) is 17.6. The molecular formula is C47H28O29. The molecule has 2 unspecified atom stereocenters. The Hall–Kier alpha value is -10.9. The molecule has 1 spiro atoms. The summed E-state index contributed by atoms with van der Waals surface area (Å²) in [6, 6.07) is 1.38. The first-order valence-corrected chi connectivity index (χ1v) is 21.4. The molecule has 6 heterocycles. The highest BCUT2D eigenvalue weighted by Crippen LogP contribution is 2.68. The van der Waals surface area contributed by atoms with Crippen molar-refractivity contribution in [2.45, 2.75) is 35.9 Å². The molecule has 390 valence electrons. The molecule has 0 saturated carbocycles. The molecule has 6 bridgehead atoms. The zero-order valence-electron chi connectivity index (χ0n) is 36.9. The Morgan fingerprint density at radius 2 is 0.947 bits per heavy atom. The summed E-state index contributed by atoms with van der Waals surface area (Å²) in [6.07, 6.45) is -11.4. The van der Waals surface area contributed by atoms with Gasteiger partial charge in [-0.2, -0.15) is 0 Å². The molecular weight excluding hydrogens is 1030 g/mol. The van der Waals surface area contributed by atoms with E-state index in [0.29, 0.717) is 24.3 Å². The van der Waals surface area contributed by atoms with Crippen molar-refractivity contribution in [1.82, 2.24) is 0 Å². The van der Waals surface area contributed by atoms with Gasteiger partial charge in [-0.1, -0.05) is 0 Å². The second-order valence-corrected chi connectivity index (χ2v) is 17.6. The Labute approximate surface area is 416 Å². The van der Waals surface area contributed by atoms with Gasteiger partial charge in [0.1, 0.15) is 12.5 Å². The number of hydrogen-bond acceptors (Lipinski definition) is 28. The third kappa shape index (κ3) is 5.79. The van der Waals surface area contributed by atoms with Crippen LogP contribution in [-0.2, 0) is 33.3 Å². The number of phenols is 14. The van der Waals surface area contributed by atoms with E-state index in [4.69, 9.17) is 28.4 Å². The molecule has 1 aliphatic carbocycles. The van der Waals surface area contributed by atoms with E-state index in [2.05, 4.69) is 0 Å². The highest BCUT2D eigenvalue weighted by atomic mass is 16.6. The zero-order chi connectivity index (χ0) is 54.9. The number of carbonyl (C=O) groups excluding carboxylic acids is 6. The van der Waals surface area contributed by atoms with Gasteiger partial charge in [0.15, 0.2) is 87.7 Å². The molecule has 12 rings (SSSR count). The number of carboxylic acid groups (broad SMARTS) is 1. The molecule has 16 N–H and O–H groups in total. The summed E-state index contributed by atoms with van der Waals surface area (Å²) >= 11 is 0. The number of rotatable bonds is 1. The van der Waals surface area contributed by atoms with Gasteiger partial charge in [-0.15, -0.1) is 0 Å². The van der Waals surface area contributed by atoms with Gasteiger partial charge in [-0.25, -0.2) is 24.0 Å². The SMILES string of the molecule is O=C1OC[C@H]2OC(=O)c3cc(O)c(O)c(O)c3-c3c(O)c(O)c(O)c4c3C(=O)O[C@H]([C@H]3OC(=O)C5C4=C(O)C(=O)C54Oc5c(O)c(O)cc(C(=O)O)c5[C@H]34)[C@@H]2OC(=O)c2cc(O)c(O)c(O)c2-c2c1cc(O)c(O)c2O. The molecule has 0 aromatic heterocycles. The third-order valence-electron chi connectivity index (χ3n) is 13.9. The van der Waals surface area contributed by atoms with Crippen LogP contribution in [-0.4, -0.2) is 160 Å². The lowest BCUT2D eigenvalue weighted by Gasteiger charge is -2.47. The number of aromatic carboxylic acids is 1. The molecule has 29 nitrogen and oxygen atoms in total. The van der Waals surface area contributed by atoms with Gasteiger partial charge in [0, 0.05) is 39.0 Å². The number of fused-ring (bicyclic) bond motifs is 8. The van der Waals surface area contributed by atoms with Crippen LogP contribution in [0.3, 0.4) is 0 Å². The Balaban J connectivity index is 1.30. The van der Waals surface area contributed by atoms with Crippen LogP contribution in [0.4, 0.5) is 0 Å². The summed E-state index contributed by atoms with van der Waals surface area (Å²) < 4.78 is 34.9. The van der Waals surface area contributed by atoms with Gasteiger partial charge in [0.05, 0.1) is 33.7 Å². The summed E-state index contributed by atoms with van der Waals surface area (Å²) in [7, 11) is 0. The van der Waals surface area contributed by atoms with Gasteiger partial charge >= 0.3 is 35.8 Å². The van der Waals surface area contributed by atoms with Crippen LogP contribution in [0.15, 0.2) is 30.0 Å². The van der Waals surface area contributed by atoms with Crippen molar-refractivity contribution in [1.29, 1.82) is 0 Å². The number of carbonyl (C=O) groups is 7. The molecule has 76 heavy (non-hydrogen) atoms. The van der Waals surface area contributed by atoms with E-state index < -0.39 is 249 Å². The molecule has 7 atom stereocenters. The van der Waals surface area contributed by atoms with Crippen LogP contribution in [0.5, 0.6) is 86.2 Å². The summed E-state index contributed by atoms with van der Waals surface area (Å²) in [5.41, 5.74) is -18.5. The monoisotopic (exact) mass is 1060 g/mol. The minimum atomic E-state index is -3.32. The lowest BCUT2D eigenvalue weighted by Crippen LogP contribution is -2.65. The molecule has 6 aliphatic heterocycles. The predicted molar refractivity (Wildman–Crippen MR) is 232 cm³/mol. The number of ether oxygens (including phenoxy) is 6. The largest absolute Gasteiger partial charge is 0.504 e. The van der Waals surface area contributed by atoms with E-state index in [1.54, 1.807) is 0 Å². The van der Waals surface area contributed by atoms with Crippen LogP contribution < -0.4 is 4.74 Å². The van der Waals surface area contributed by atoms with Crippen molar-refractivity contribution in [2.75, 3.05) is 6.61 Å². The van der Waals surface area contributed by atoms with E-state index in [-0.39, 0.29) is 0 Å². The molecule has 5 aromatic carbocycles. The fraction of sp³-hybridized carbons (Fsp3) is 0.170. The van der Waals surface area contributed by atoms with E-state index >= 15 is 14.4 Å². The first-order valence-electron chi connectivity index (χ1n) is 21.4. The van der Waals surface area contributed by atoms with Gasteiger partial charge < -0.3 is 110 Å². The maximum atomic E-state index is 15.5. The minimum Gasteiger partial charge on any atom is -0.504 e. The number of hydrogen-bond donors (Lipinski definition) is 16. The summed E-state index contributed by atoms with van der Waals surface area (Å²) in [5, 5.41) is 178. The van der Waals surface area contributed by atoms with Crippen LogP contribution in [0.25, 0.3) is 27.8 Å². The molecule has 0 amide bonds. The number of cyclic esters (lactones) is 1. The number of aliphatic hydroxyl groups excluding tert-OH is 1. The molecule has 29 heteroatoms. The summed E-state index contributed by atoms with van der Waals surface area (Å²) in [5.74, 6) is -42.8. The number of aromatic hydroxyl groups is 14. The van der Waals surface area contributed by atoms with Crippen molar-refractivity contribution in [3.8, 4) is 108 Å². The minimum absolute atomic E-state index is 0.296. The topological polar surface area (TPSA) is 499 Å². The zero-order valence-corrected chi connectivity index (χ0v) is 36.9. The predicted octanol–water partition coefficient (Wildman–Crippen LogP) is 1.38. The second kappa shape index (κ2) is 15.3. The van der Waals surface area contributed by atoms with Crippen molar-refractivity contribution in [3.63, 3.8) is 0 Å². The van der Waals surface area contributed by atoms with E-state index in [1.165, 1.54) is 0 Å². The quantitative estimate of drug-likeness (QED) is 0.0640. The van der Waals surface area contributed by atoms with Gasteiger partial charge in [-0.3, -0.25) is 9.59 Å². The van der Waals surface area contributed by atoms with E-state index in [9.17, 15) is 101 Å². The lowest BCUT2D eigenvalue weighted by atomic mass is 9.66. The molecule has 5 aromatic rings. The number of esters is 5. The Morgan fingerprint density at radius 3 is 1.50 bits per heavy atom. The fourth-order valence-electron chi connectivity index (χ4n) is 10.7. The van der Waals surface area contributed by atoms with Crippen molar-refractivity contribution >= 4 is 47.2 Å². The maximum absolute atomic E-state index is 15.5. The highest BCUT2D eigenvalue weighted by Gasteiger charge is 2.76. The molecule has 0 radical (unpaired) electrons. The summed E-state index contributed by atoms with van der Waals surface area (Å²) in [4.78, 5) is 103. The van der Waals surface area contributed by atoms with Gasteiger partial charge in [-0.05, 0) is 24.3 Å². The van der Waals surface area contributed by atoms with Gasteiger partial charge in [0.2, 0.25) is 40.1 Å². The smallest absolute Gasteiger partial charge is 0.340 e. The highest BCUT2D eigenvalue weighted by molar-refractivity contribution is 6.22. The number of Topliss-reactive ketones (excluding diaryl/α,β-unsaturated/α-hetero) is 1. The molecule has 7 aliphatic rings. The van der Waals surface area contributed by atoms with Crippen molar-refractivity contribution in [3.05, 3.63) is 69.0 Å². The fourth-order valence-corrected chi connectivity index (χ4v) is 10.7. The van der Waals surface area contributed by atoms with Crippen LogP contribution in [0, 0.1) is 5.92 Å². The lowest BCUT2D eigenvalue weighted by molar-refractivity contribution is -0.200. The number of phenolic OH excluding ortho intramolecular Hbond substituents is 14. The number of ketones is 1. The Morgan fingerprint density at radius 1 is 0.474 bits per heavy atom. The van der Waals surface area contributed by atoms with Crippen molar-refractivity contribution < 1.29 is 144 Å². The third-order valence-corrected chi connectivity index (χ3v) is 13.9. The maximum Gasteiger partial charge on any atom is 0.340 e. The van der Waals surface area contributed by atoms with Gasteiger partial charge in [0.25, 0.3) is 0 Å². The standard InChI is InChI=1S/C47H28O29/c48-10-2-7-15(29(56)25(10)52)16-8(3-11(49)26(53)30(16)57)44(68)73-36-14(5-71-42(7)66)72-43(67)9-4-12(50)27(54)31(58)17(9)19-21-20(33(60)35(62)32(19)59)22-24-46(70)74-38(39(36)75-45(21)69)23-18-6(41(64)65)1-13(51)28(55)37(18)76-47(23,24)40(63)34(22)61/h1-4,14,23-24,36,38-39,48-62H,5H2,(H,64,65)/t14-,23-,24?,36-,38+,39+,47?/m1/s1. The van der Waals surface area contributed by atoms with E-state index in [1.807, 2.05) is 0 Å². The first-order chi connectivity index (χ1) is 35.8. The first kappa shape index (κ1) is 47.5. The number of carboxylic acids is 1. The average Bonchev–Trinajstić information content (AvgIpc) is 3.91. The van der Waals surface area contributed by atoms with Crippen LogP contribution in [0.1, 0.15) is 68.8 Å². The van der Waals surface area contributed by atoms with E-state index in [0.717, 1.165) is 0 Å². The normalized spacial score (nSPS) is 23.8. The number of benzene rings is 5. The molecule has 1 fully saturated rings. The molecule has 1 saturated heterocycles. The summed E-state index contributed by atoms with van der Waals surface area (Å²) in [6.45, 7) is -1.61. The van der Waals surface area contributed by atoms with Crippen LogP contribution in [0.2, 0.25) is 0 Å². The van der Waals surface area contributed by atoms with Crippen LogP contribution >= 0.6 is 0 Å².